The zero-order valence-electron chi connectivity index (χ0n) is 15.0. The lowest BCUT2D eigenvalue weighted by molar-refractivity contribution is -0.143. The number of hydrogen-bond donors (Lipinski definition) is 2. The molecule has 0 aromatic rings. The van der Waals surface area contributed by atoms with E-state index < -0.39 is 11.4 Å². The molecular formula is C18H30N2O4. The largest absolute Gasteiger partial charge is 0.481 e. The van der Waals surface area contributed by atoms with Crippen LogP contribution < -0.4 is 5.32 Å². The predicted octanol–water partition coefficient (Wildman–Crippen LogP) is 2.03. The molecule has 1 aliphatic carbocycles. The van der Waals surface area contributed by atoms with Gasteiger partial charge in [0.1, 0.15) is 0 Å². The van der Waals surface area contributed by atoms with Crippen LogP contribution in [0.2, 0.25) is 0 Å². The first kappa shape index (κ1) is 18.7. The smallest absolute Gasteiger partial charge is 0.306 e. The maximum Gasteiger partial charge on any atom is 0.306 e. The highest BCUT2D eigenvalue weighted by Gasteiger charge is 2.34. The molecule has 24 heavy (non-hydrogen) atoms. The Labute approximate surface area is 144 Å². The second kappa shape index (κ2) is 7.53. The van der Waals surface area contributed by atoms with Crippen molar-refractivity contribution in [2.24, 2.45) is 17.3 Å². The summed E-state index contributed by atoms with van der Waals surface area (Å²) in [6, 6.07) is 0.0711. The first-order chi connectivity index (χ1) is 11.2. The summed E-state index contributed by atoms with van der Waals surface area (Å²) in [6.07, 6.45) is 4.36. The van der Waals surface area contributed by atoms with Gasteiger partial charge in [-0.25, -0.2) is 0 Å². The van der Waals surface area contributed by atoms with E-state index >= 15 is 0 Å². The van der Waals surface area contributed by atoms with E-state index in [1.165, 1.54) is 0 Å². The third-order valence-electron chi connectivity index (χ3n) is 5.14. The molecule has 0 radical (unpaired) electrons. The number of nitrogens with zero attached hydrogens (tertiary/aromatic N) is 1. The molecule has 1 saturated heterocycles. The molecule has 1 atom stereocenters. The number of aliphatic carboxylic acids is 1. The summed E-state index contributed by atoms with van der Waals surface area (Å²) in [5.74, 6) is -1.04. The topological polar surface area (TPSA) is 86.7 Å². The Balaban J connectivity index is 1.84. The summed E-state index contributed by atoms with van der Waals surface area (Å²) in [6.45, 7) is 6.93. The fraction of sp³-hybridized carbons (Fsp3) is 0.833. The van der Waals surface area contributed by atoms with Gasteiger partial charge in [-0.05, 0) is 38.5 Å². The highest BCUT2D eigenvalue weighted by atomic mass is 16.4. The molecule has 2 N–H and O–H groups in total. The third kappa shape index (κ3) is 4.71. The number of hydrogen-bond acceptors (Lipinski definition) is 3. The normalized spacial score (nSPS) is 28.3. The van der Waals surface area contributed by atoms with Gasteiger partial charge in [-0.2, -0.15) is 0 Å². The van der Waals surface area contributed by atoms with Crippen LogP contribution in [0.5, 0.6) is 0 Å². The maximum atomic E-state index is 12.5. The van der Waals surface area contributed by atoms with Crippen LogP contribution in [0.25, 0.3) is 0 Å². The summed E-state index contributed by atoms with van der Waals surface area (Å²) in [4.78, 5) is 37.8. The maximum absolute atomic E-state index is 12.5. The molecule has 1 aliphatic heterocycles. The zero-order valence-corrected chi connectivity index (χ0v) is 15.0. The number of carboxylic acid groups (broad SMARTS) is 1. The first-order valence-corrected chi connectivity index (χ1v) is 9.01. The monoisotopic (exact) mass is 338 g/mol. The van der Waals surface area contributed by atoms with Crippen molar-refractivity contribution in [2.45, 2.75) is 65.3 Å². The fourth-order valence-electron chi connectivity index (χ4n) is 3.65. The molecule has 0 aromatic carbocycles. The fourth-order valence-corrected chi connectivity index (χ4v) is 3.65. The van der Waals surface area contributed by atoms with Gasteiger partial charge in [0.05, 0.1) is 11.8 Å². The highest BCUT2D eigenvalue weighted by Crippen LogP contribution is 2.26. The minimum Gasteiger partial charge on any atom is -0.481 e. The number of carbonyl (C=O) groups excluding carboxylic acids is 2. The molecule has 136 valence electrons. The summed E-state index contributed by atoms with van der Waals surface area (Å²) in [5, 5.41) is 12.1. The predicted molar refractivity (Wildman–Crippen MR) is 90.3 cm³/mol. The van der Waals surface area contributed by atoms with Crippen LogP contribution in [-0.4, -0.2) is 46.9 Å². The molecule has 2 rings (SSSR count). The Kier molecular flexibility index (Phi) is 5.88. The van der Waals surface area contributed by atoms with Crippen molar-refractivity contribution >= 4 is 17.8 Å². The van der Waals surface area contributed by atoms with Crippen molar-refractivity contribution in [2.75, 3.05) is 13.1 Å². The van der Waals surface area contributed by atoms with Crippen molar-refractivity contribution in [3.05, 3.63) is 0 Å². The Morgan fingerprint density at radius 3 is 2.17 bits per heavy atom. The first-order valence-electron chi connectivity index (χ1n) is 9.01. The molecule has 1 heterocycles. The van der Waals surface area contributed by atoms with E-state index in [9.17, 15) is 14.4 Å². The molecule has 0 bridgehead atoms. The molecule has 2 fully saturated rings. The summed E-state index contributed by atoms with van der Waals surface area (Å²) in [5.41, 5.74) is -0.423. The minimum absolute atomic E-state index is 0.0141. The van der Waals surface area contributed by atoms with E-state index in [0.29, 0.717) is 19.4 Å². The summed E-state index contributed by atoms with van der Waals surface area (Å²) in [7, 11) is 0. The van der Waals surface area contributed by atoms with Gasteiger partial charge in [0.25, 0.3) is 0 Å². The average molecular weight is 338 g/mol. The molecule has 0 spiro atoms. The van der Waals surface area contributed by atoms with Crippen LogP contribution in [0.15, 0.2) is 0 Å². The number of piperidine rings is 1. The lowest BCUT2D eigenvalue weighted by atomic mass is 9.85. The molecular weight excluding hydrogens is 308 g/mol. The van der Waals surface area contributed by atoms with E-state index in [1.807, 2.05) is 25.7 Å². The molecule has 1 saturated carbocycles. The number of amides is 2. The highest BCUT2D eigenvalue weighted by molar-refractivity contribution is 5.84. The van der Waals surface area contributed by atoms with Gasteiger partial charge < -0.3 is 15.3 Å². The van der Waals surface area contributed by atoms with Gasteiger partial charge in [-0.1, -0.05) is 20.8 Å². The van der Waals surface area contributed by atoms with Crippen molar-refractivity contribution in [3.8, 4) is 0 Å². The Morgan fingerprint density at radius 1 is 1.00 bits per heavy atom. The Hall–Kier alpha value is -1.59. The lowest BCUT2D eigenvalue weighted by Crippen LogP contribution is -2.50. The van der Waals surface area contributed by atoms with Crippen molar-refractivity contribution < 1.29 is 19.5 Å². The standard InChI is InChI=1S/C18H30N2O4/c1-18(2,3)17(24)20-10-4-5-13(11-20)15(21)19-14-8-6-12(7-9-14)16(22)23/h12-14H,4-11H2,1-3H3,(H,19,21)(H,22,23). The minimum atomic E-state index is -0.733. The molecule has 0 aromatic heterocycles. The van der Waals surface area contributed by atoms with Gasteiger partial charge in [0.2, 0.25) is 11.8 Å². The quantitative estimate of drug-likeness (QED) is 0.824. The van der Waals surface area contributed by atoms with Crippen LogP contribution in [0.3, 0.4) is 0 Å². The molecule has 1 unspecified atom stereocenters. The molecule has 2 aliphatic rings. The lowest BCUT2D eigenvalue weighted by Gasteiger charge is -2.36. The van der Waals surface area contributed by atoms with E-state index in [1.54, 1.807) is 0 Å². The van der Waals surface area contributed by atoms with Gasteiger partial charge in [0.15, 0.2) is 0 Å². The van der Waals surface area contributed by atoms with Crippen molar-refractivity contribution in [3.63, 3.8) is 0 Å². The van der Waals surface area contributed by atoms with Gasteiger partial charge in [-0.3, -0.25) is 14.4 Å². The van der Waals surface area contributed by atoms with E-state index in [0.717, 1.165) is 32.2 Å². The molecule has 2 amide bonds. The summed E-state index contributed by atoms with van der Waals surface area (Å²) >= 11 is 0. The average Bonchev–Trinajstić information content (AvgIpc) is 2.54. The van der Waals surface area contributed by atoms with Crippen LogP contribution >= 0.6 is 0 Å². The van der Waals surface area contributed by atoms with Crippen LogP contribution in [-0.2, 0) is 14.4 Å². The van der Waals surface area contributed by atoms with Crippen LogP contribution in [0.4, 0.5) is 0 Å². The van der Waals surface area contributed by atoms with Crippen molar-refractivity contribution in [1.29, 1.82) is 0 Å². The second-order valence-electron chi connectivity index (χ2n) is 8.24. The Morgan fingerprint density at radius 2 is 1.62 bits per heavy atom. The van der Waals surface area contributed by atoms with E-state index in [-0.39, 0.29) is 29.7 Å². The third-order valence-corrected chi connectivity index (χ3v) is 5.14. The number of carbonyl (C=O) groups is 3. The van der Waals surface area contributed by atoms with Gasteiger partial charge in [0, 0.05) is 24.5 Å². The zero-order chi connectivity index (χ0) is 17.9. The molecule has 6 nitrogen and oxygen atoms in total. The van der Waals surface area contributed by atoms with Crippen molar-refractivity contribution in [1.82, 2.24) is 10.2 Å². The van der Waals surface area contributed by atoms with Crippen LogP contribution in [0, 0.1) is 17.3 Å². The number of carboxylic acids is 1. The van der Waals surface area contributed by atoms with Gasteiger partial charge >= 0.3 is 5.97 Å². The summed E-state index contributed by atoms with van der Waals surface area (Å²) < 4.78 is 0. The number of nitrogens with one attached hydrogen (secondary N) is 1. The molecule has 6 heteroatoms. The number of rotatable bonds is 3. The van der Waals surface area contributed by atoms with Gasteiger partial charge in [-0.15, -0.1) is 0 Å². The van der Waals surface area contributed by atoms with E-state index in [4.69, 9.17) is 5.11 Å². The number of likely N-dealkylation sites (tertiary alicyclic amines) is 1. The Bertz CT molecular complexity index is 490. The van der Waals surface area contributed by atoms with Crippen LogP contribution in [0.1, 0.15) is 59.3 Å². The SMILES string of the molecule is CC(C)(C)C(=O)N1CCCC(C(=O)NC2CCC(C(=O)O)CC2)C1. The second-order valence-corrected chi connectivity index (χ2v) is 8.24. The van der Waals surface area contributed by atoms with E-state index in [2.05, 4.69) is 5.32 Å².